The Balaban J connectivity index is 2.94. The van der Waals surface area contributed by atoms with E-state index in [2.05, 4.69) is 20.2 Å². The van der Waals surface area contributed by atoms with Crippen LogP contribution in [0.25, 0.3) is 11.0 Å². The van der Waals surface area contributed by atoms with Crippen molar-refractivity contribution in [2.45, 2.75) is 0 Å². The van der Waals surface area contributed by atoms with E-state index in [1.165, 1.54) is 18.6 Å². The molecule has 11 heavy (non-hydrogen) atoms. The van der Waals surface area contributed by atoms with E-state index in [0.29, 0.717) is 11.0 Å². The summed E-state index contributed by atoms with van der Waals surface area (Å²) >= 11 is 0. The molecule has 0 aliphatic heterocycles. The van der Waals surface area contributed by atoms with Crippen LogP contribution in [0.3, 0.4) is 0 Å². The fourth-order valence-corrected chi connectivity index (χ4v) is 0.807. The third-order valence-electron chi connectivity index (χ3n) is 1.29. The first-order chi connectivity index (χ1) is 5.36. The van der Waals surface area contributed by atoms with Crippen LogP contribution in [-0.2, 0) is 0 Å². The van der Waals surface area contributed by atoms with E-state index in [-0.39, 0.29) is 5.56 Å². The molecule has 0 bridgehead atoms. The van der Waals surface area contributed by atoms with Crippen molar-refractivity contribution in [1.82, 2.24) is 20.2 Å². The van der Waals surface area contributed by atoms with Crippen LogP contribution in [0.1, 0.15) is 0 Å². The first kappa shape index (κ1) is 5.96. The molecule has 1 N–H and O–H groups in total. The number of hydrogen-bond acceptors (Lipinski definition) is 4. The van der Waals surface area contributed by atoms with Gasteiger partial charge in [-0.15, -0.1) is 0 Å². The van der Waals surface area contributed by atoms with E-state index in [1.54, 1.807) is 0 Å². The molecule has 0 saturated heterocycles. The van der Waals surface area contributed by atoms with E-state index >= 15 is 0 Å². The number of H-pyrrole nitrogens is 1. The molecule has 0 aliphatic carbocycles. The molecule has 0 fully saturated rings. The molecule has 0 radical (unpaired) electrons. The highest BCUT2D eigenvalue weighted by molar-refractivity contribution is 5.70. The molecule has 5 nitrogen and oxygen atoms in total. The zero-order chi connectivity index (χ0) is 7.68. The lowest BCUT2D eigenvalue weighted by atomic mass is 10.4. The smallest absolute Gasteiger partial charge is 0.266 e. The van der Waals surface area contributed by atoms with Gasteiger partial charge in [-0.25, -0.2) is 4.98 Å². The number of rotatable bonds is 0. The van der Waals surface area contributed by atoms with Crippen molar-refractivity contribution < 1.29 is 0 Å². The Kier molecular flexibility index (Phi) is 1.15. The first-order valence-electron chi connectivity index (χ1n) is 3.02. The minimum Gasteiger partial charge on any atom is -0.318 e. The second kappa shape index (κ2) is 2.12. The third kappa shape index (κ3) is 0.958. The summed E-state index contributed by atoms with van der Waals surface area (Å²) in [5.74, 6) is 0. The van der Waals surface area contributed by atoms with Crippen LogP contribution in [0.2, 0.25) is 0 Å². The Morgan fingerprint density at radius 3 is 2.91 bits per heavy atom. The molecule has 0 aromatic carbocycles. The van der Waals surface area contributed by atoms with Crippen LogP contribution in [0.4, 0.5) is 0 Å². The summed E-state index contributed by atoms with van der Waals surface area (Å²) in [6.07, 6.45) is 4.17. The van der Waals surface area contributed by atoms with Gasteiger partial charge in [0.25, 0.3) is 5.56 Å². The van der Waals surface area contributed by atoms with Gasteiger partial charge in [-0.05, 0) is 0 Å². The minimum atomic E-state index is -0.231. The van der Waals surface area contributed by atoms with E-state index < -0.39 is 0 Å². The van der Waals surface area contributed by atoms with Gasteiger partial charge in [0.2, 0.25) is 0 Å². The monoisotopic (exact) mass is 148 g/mol. The van der Waals surface area contributed by atoms with Crippen LogP contribution in [0.5, 0.6) is 0 Å². The summed E-state index contributed by atoms with van der Waals surface area (Å²) < 4.78 is 0. The van der Waals surface area contributed by atoms with E-state index in [9.17, 15) is 4.79 Å². The van der Waals surface area contributed by atoms with Crippen molar-refractivity contribution in [1.29, 1.82) is 0 Å². The van der Waals surface area contributed by atoms with Crippen molar-refractivity contribution >= 4 is 11.0 Å². The molecule has 5 heteroatoms. The predicted molar refractivity (Wildman–Crippen MR) is 38.0 cm³/mol. The van der Waals surface area contributed by atoms with Gasteiger partial charge >= 0.3 is 0 Å². The topological polar surface area (TPSA) is 71.5 Å². The standard InChI is InChI=1S/C6H4N4O/c11-6-3-7-4-1-8-9-2-5(4)10-6/h1-3H,(H,10,11). The van der Waals surface area contributed by atoms with Gasteiger partial charge in [0.05, 0.1) is 24.1 Å². The summed E-state index contributed by atoms with van der Waals surface area (Å²) in [5.41, 5.74) is 1.01. The molecule has 2 rings (SSSR count). The minimum absolute atomic E-state index is 0.231. The van der Waals surface area contributed by atoms with Gasteiger partial charge in [-0.3, -0.25) is 4.79 Å². The zero-order valence-electron chi connectivity index (χ0n) is 5.48. The number of fused-ring (bicyclic) bond motifs is 1. The molecule has 0 saturated carbocycles. The average Bonchev–Trinajstić information content (AvgIpc) is 2.04. The molecule has 0 atom stereocenters. The highest BCUT2D eigenvalue weighted by Gasteiger charge is 1.92. The predicted octanol–water partition coefficient (Wildman–Crippen LogP) is -0.287. The third-order valence-corrected chi connectivity index (χ3v) is 1.29. The number of aromatic amines is 1. The summed E-state index contributed by atoms with van der Waals surface area (Å²) in [5, 5.41) is 7.20. The fraction of sp³-hybridized carbons (Fsp3) is 0. The molecule has 2 aromatic heterocycles. The SMILES string of the molecule is O=c1cnc2cnncc2[nH]1. The fourth-order valence-electron chi connectivity index (χ4n) is 0.807. The Bertz CT molecular complexity index is 436. The van der Waals surface area contributed by atoms with Gasteiger partial charge in [-0.1, -0.05) is 0 Å². The molecule has 0 amide bonds. The Hall–Kier alpha value is -1.78. The number of hydrogen-bond donors (Lipinski definition) is 1. The summed E-state index contributed by atoms with van der Waals surface area (Å²) in [7, 11) is 0. The Labute approximate surface area is 61.1 Å². The zero-order valence-corrected chi connectivity index (χ0v) is 5.48. The van der Waals surface area contributed by atoms with Crippen molar-refractivity contribution in [3.8, 4) is 0 Å². The van der Waals surface area contributed by atoms with Crippen LogP contribution < -0.4 is 5.56 Å². The lowest BCUT2D eigenvalue weighted by Gasteiger charge is -1.90. The maximum absolute atomic E-state index is 10.7. The van der Waals surface area contributed by atoms with E-state index in [4.69, 9.17) is 0 Å². The van der Waals surface area contributed by atoms with E-state index in [0.717, 1.165) is 0 Å². The average molecular weight is 148 g/mol. The molecule has 0 spiro atoms. The van der Waals surface area contributed by atoms with Gasteiger partial charge in [-0.2, -0.15) is 10.2 Å². The summed E-state index contributed by atoms with van der Waals surface area (Å²) in [6, 6.07) is 0. The number of aromatic nitrogens is 4. The maximum Gasteiger partial charge on any atom is 0.266 e. The second-order valence-corrected chi connectivity index (χ2v) is 2.04. The normalized spacial score (nSPS) is 10.2. The van der Waals surface area contributed by atoms with Gasteiger partial charge in [0.1, 0.15) is 5.52 Å². The van der Waals surface area contributed by atoms with Crippen molar-refractivity contribution in [2.75, 3.05) is 0 Å². The van der Waals surface area contributed by atoms with Crippen LogP contribution in [0, 0.1) is 0 Å². The molecule has 0 aliphatic rings. The van der Waals surface area contributed by atoms with Crippen molar-refractivity contribution in [3.63, 3.8) is 0 Å². The number of nitrogens with one attached hydrogen (secondary N) is 1. The second-order valence-electron chi connectivity index (χ2n) is 2.04. The van der Waals surface area contributed by atoms with E-state index in [1.807, 2.05) is 0 Å². The molecule has 54 valence electrons. The Morgan fingerprint density at radius 1 is 1.18 bits per heavy atom. The highest BCUT2D eigenvalue weighted by Crippen LogP contribution is 1.98. The van der Waals surface area contributed by atoms with Crippen LogP contribution in [0.15, 0.2) is 23.4 Å². The molecule has 2 heterocycles. The van der Waals surface area contributed by atoms with Crippen molar-refractivity contribution in [2.24, 2.45) is 0 Å². The highest BCUT2D eigenvalue weighted by atomic mass is 16.1. The first-order valence-corrected chi connectivity index (χ1v) is 3.02. The molecule has 2 aromatic rings. The maximum atomic E-state index is 10.7. The number of nitrogens with zero attached hydrogens (tertiary/aromatic N) is 3. The Morgan fingerprint density at radius 2 is 2.00 bits per heavy atom. The summed E-state index contributed by atoms with van der Waals surface area (Å²) in [6.45, 7) is 0. The van der Waals surface area contributed by atoms with Gasteiger partial charge in [0, 0.05) is 0 Å². The molecule has 0 unspecified atom stereocenters. The lowest BCUT2D eigenvalue weighted by molar-refractivity contribution is 1.03. The largest absolute Gasteiger partial charge is 0.318 e. The van der Waals surface area contributed by atoms with Crippen molar-refractivity contribution in [3.05, 3.63) is 28.9 Å². The van der Waals surface area contributed by atoms with Gasteiger partial charge < -0.3 is 4.98 Å². The van der Waals surface area contributed by atoms with Gasteiger partial charge in [0.15, 0.2) is 0 Å². The van der Waals surface area contributed by atoms with Crippen LogP contribution in [-0.4, -0.2) is 20.2 Å². The molecular formula is C6H4N4O. The molecular weight excluding hydrogens is 144 g/mol. The summed E-state index contributed by atoms with van der Waals surface area (Å²) in [4.78, 5) is 17.1. The van der Waals surface area contributed by atoms with Crippen LogP contribution >= 0.6 is 0 Å². The quantitative estimate of drug-likeness (QED) is 0.557. The lowest BCUT2D eigenvalue weighted by Crippen LogP contribution is -2.05.